The molecule has 1 aliphatic carbocycles. The third kappa shape index (κ3) is 5.66. The molecule has 0 saturated carbocycles. The lowest BCUT2D eigenvalue weighted by molar-refractivity contribution is 0.772. The second kappa shape index (κ2) is 12.1. The van der Waals surface area contributed by atoms with E-state index in [4.69, 9.17) is 0 Å². The number of rotatable bonds is 5. The smallest absolute Gasteiger partial charge is 0.0656 e. The fourth-order valence-electron chi connectivity index (χ4n) is 3.68. The van der Waals surface area contributed by atoms with Gasteiger partial charge in [-0.2, -0.15) is 0 Å². The van der Waals surface area contributed by atoms with Crippen LogP contribution >= 0.6 is 0 Å². The molecule has 0 fully saturated rings. The quantitative estimate of drug-likeness (QED) is 0.377. The number of hydrogen-bond donors (Lipinski definition) is 0. The minimum Gasteiger partial charge on any atom is -0.0656 e. The Balaban J connectivity index is 0.000000347. The van der Waals surface area contributed by atoms with Crippen LogP contribution in [-0.4, -0.2) is 0 Å². The number of hydrogen-bond acceptors (Lipinski definition) is 0. The Morgan fingerprint density at radius 2 is 0.900 bits per heavy atom. The van der Waals surface area contributed by atoms with Gasteiger partial charge >= 0.3 is 0 Å². The predicted octanol–water partition coefficient (Wildman–Crippen LogP) is 9.00. The zero-order chi connectivity index (χ0) is 21.8. The van der Waals surface area contributed by atoms with Crippen LogP contribution in [0.15, 0.2) is 91.0 Å². The number of benzene rings is 3. The van der Waals surface area contributed by atoms with Gasteiger partial charge in [0, 0.05) is 16.7 Å². The molecule has 0 heterocycles. The molecule has 30 heavy (non-hydrogen) atoms. The first kappa shape index (κ1) is 23.5. The topological polar surface area (TPSA) is 0 Å². The van der Waals surface area contributed by atoms with Gasteiger partial charge in [0.15, 0.2) is 5.41 Å². The highest BCUT2D eigenvalue weighted by Crippen LogP contribution is 2.63. The van der Waals surface area contributed by atoms with Gasteiger partial charge in [0.2, 0.25) is 0 Å². The molecular formula is C30H37+. The molecule has 0 aromatic heterocycles. The lowest BCUT2D eigenvalue weighted by Crippen LogP contribution is -2.08. The molecule has 0 bridgehead atoms. The molecule has 3 aromatic rings. The summed E-state index contributed by atoms with van der Waals surface area (Å²) in [6.07, 6.45) is 5.33. The molecule has 0 nitrogen and oxygen atoms in total. The summed E-state index contributed by atoms with van der Waals surface area (Å²) in [6.45, 7) is 13.3. The van der Waals surface area contributed by atoms with Crippen molar-refractivity contribution >= 4 is 11.1 Å². The van der Waals surface area contributed by atoms with E-state index in [-0.39, 0.29) is 5.41 Å². The van der Waals surface area contributed by atoms with E-state index >= 15 is 0 Å². The summed E-state index contributed by atoms with van der Waals surface area (Å²) in [4.78, 5) is 0. The van der Waals surface area contributed by atoms with Crippen LogP contribution in [0.25, 0.3) is 11.1 Å². The van der Waals surface area contributed by atoms with Gasteiger partial charge in [-0.25, -0.2) is 0 Å². The van der Waals surface area contributed by atoms with Crippen molar-refractivity contribution in [1.29, 1.82) is 0 Å². The summed E-state index contributed by atoms with van der Waals surface area (Å²) in [7, 11) is 0. The molecule has 0 heteroatoms. The predicted molar refractivity (Wildman–Crippen MR) is 134 cm³/mol. The third-order valence-electron chi connectivity index (χ3n) is 5.14. The molecule has 0 saturated heterocycles. The van der Waals surface area contributed by atoms with E-state index in [1.807, 2.05) is 0 Å². The minimum atomic E-state index is -0.232. The Bertz CT molecular complexity index is 822. The maximum absolute atomic E-state index is 4.59. The van der Waals surface area contributed by atoms with Crippen molar-refractivity contribution < 1.29 is 0 Å². The van der Waals surface area contributed by atoms with Crippen molar-refractivity contribution in [1.82, 2.24) is 0 Å². The van der Waals surface area contributed by atoms with Crippen molar-refractivity contribution in [3.8, 4) is 0 Å². The Morgan fingerprint density at radius 1 is 0.567 bits per heavy atom. The summed E-state index contributed by atoms with van der Waals surface area (Å²) in [6, 6.07) is 31.8. The molecule has 4 rings (SSSR count). The van der Waals surface area contributed by atoms with Crippen LogP contribution in [0, 0.1) is 6.92 Å². The standard InChI is InChI=1S/C22H17.C5H12.C3H8/c1-22(19-15-9-4-10-16-19)20(17-11-5-2-6-12-17)21(22)18-13-7-3-8-14-18;1-3-5-4-2;1-3-2/h2-16H,1H2;3-5H2,1-2H3;3H2,1-2H3/q+1;;. The van der Waals surface area contributed by atoms with Crippen molar-refractivity contribution in [3.05, 3.63) is 115 Å². The van der Waals surface area contributed by atoms with Gasteiger partial charge in [0.05, 0.1) is 6.92 Å². The minimum absolute atomic E-state index is 0.232. The van der Waals surface area contributed by atoms with E-state index in [9.17, 15) is 0 Å². The summed E-state index contributed by atoms with van der Waals surface area (Å²) in [5.74, 6) is 0. The summed E-state index contributed by atoms with van der Waals surface area (Å²) >= 11 is 0. The van der Waals surface area contributed by atoms with Crippen molar-refractivity contribution in [2.45, 2.75) is 58.8 Å². The Labute approximate surface area is 184 Å². The van der Waals surface area contributed by atoms with Crippen LogP contribution < -0.4 is 0 Å². The molecule has 1 aliphatic rings. The van der Waals surface area contributed by atoms with Crippen LogP contribution in [0.1, 0.15) is 70.1 Å². The fraction of sp³-hybridized carbons (Fsp3) is 0.300. The van der Waals surface area contributed by atoms with E-state index in [0.717, 1.165) is 0 Å². The molecule has 0 amide bonds. The summed E-state index contributed by atoms with van der Waals surface area (Å²) in [5.41, 5.74) is 6.23. The Kier molecular flexibility index (Phi) is 9.48. The maximum Gasteiger partial charge on any atom is 0.182 e. The van der Waals surface area contributed by atoms with Gasteiger partial charge in [-0.3, -0.25) is 0 Å². The number of unbranched alkanes of at least 4 members (excludes halogenated alkanes) is 2. The zero-order valence-electron chi connectivity index (χ0n) is 19.2. The second-order valence-electron chi connectivity index (χ2n) is 7.81. The molecule has 3 aromatic carbocycles. The monoisotopic (exact) mass is 397 g/mol. The molecular weight excluding hydrogens is 360 g/mol. The maximum atomic E-state index is 4.59. The van der Waals surface area contributed by atoms with Crippen molar-refractivity contribution in [3.63, 3.8) is 0 Å². The summed E-state index contributed by atoms with van der Waals surface area (Å²) in [5, 5.41) is 0. The van der Waals surface area contributed by atoms with Crippen LogP contribution in [0.5, 0.6) is 0 Å². The Hall–Kier alpha value is -2.73. The average Bonchev–Trinajstić information content (AvgIpc) is 3.44. The van der Waals surface area contributed by atoms with E-state index in [1.54, 1.807) is 0 Å². The second-order valence-corrected chi connectivity index (χ2v) is 7.81. The van der Waals surface area contributed by atoms with E-state index in [1.165, 1.54) is 53.5 Å². The summed E-state index contributed by atoms with van der Waals surface area (Å²) < 4.78 is 0. The van der Waals surface area contributed by atoms with E-state index < -0.39 is 0 Å². The van der Waals surface area contributed by atoms with Gasteiger partial charge in [0.1, 0.15) is 0 Å². The van der Waals surface area contributed by atoms with Gasteiger partial charge in [-0.15, -0.1) is 0 Å². The molecule has 0 radical (unpaired) electrons. The van der Waals surface area contributed by atoms with Crippen molar-refractivity contribution in [2.75, 3.05) is 0 Å². The van der Waals surface area contributed by atoms with E-state index in [0.29, 0.717) is 0 Å². The zero-order valence-corrected chi connectivity index (χ0v) is 19.2. The lowest BCUT2D eigenvalue weighted by Gasteiger charge is -2.09. The first-order valence-electron chi connectivity index (χ1n) is 11.4. The van der Waals surface area contributed by atoms with Gasteiger partial charge in [-0.05, 0) is 11.1 Å². The third-order valence-corrected chi connectivity index (χ3v) is 5.14. The highest BCUT2D eigenvalue weighted by Gasteiger charge is 2.58. The van der Waals surface area contributed by atoms with Gasteiger partial charge < -0.3 is 0 Å². The molecule has 0 atom stereocenters. The first-order chi connectivity index (χ1) is 14.6. The molecule has 0 N–H and O–H groups in total. The molecule has 0 aliphatic heterocycles. The highest BCUT2D eigenvalue weighted by molar-refractivity contribution is 6.19. The lowest BCUT2D eigenvalue weighted by atomic mass is 9.87. The van der Waals surface area contributed by atoms with Crippen LogP contribution in [-0.2, 0) is 5.41 Å². The first-order valence-corrected chi connectivity index (χ1v) is 11.4. The molecule has 0 spiro atoms. The number of allylic oxidation sites excluding steroid dienone is 2. The van der Waals surface area contributed by atoms with Gasteiger partial charge in [-0.1, -0.05) is 144 Å². The van der Waals surface area contributed by atoms with Crippen LogP contribution in [0.3, 0.4) is 0 Å². The molecule has 0 unspecified atom stereocenters. The van der Waals surface area contributed by atoms with E-state index in [2.05, 4.69) is 126 Å². The average molecular weight is 398 g/mol. The largest absolute Gasteiger partial charge is 0.182 e. The SMILES string of the molecule is CCC.CCCCC.[CH2+]C1(c2ccccc2)C(c2ccccc2)=C1c1ccccc1. The van der Waals surface area contributed by atoms with Gasteiger partial charge in [0.25, 0.3) is 0 Å². The normalized spacial score (nSPS) is 13.5. The molecule has 156 valence electrons. The highest BCUT2D eigenvalue weighted by atomic mass is 14.5. The fourth-order valence-corrected chi connectivity index (χ4v) is 3.68. The van der Waals surface area contributed by atoms with Crippen LogP contribution in [0.2, 0.25) is 0 Å². The Morgan fingerprint density at radius 3 is 1.20 bits per heavy atom. The van der Waals surface area contributed by atoms with Crippen LogP contribution in [0.4, 0.5) is 0 Å². The van der Waals surface area contributed by atoms with Crippen molar-refractivity contribution in [2.24, 2.45) is 0 Å².